The Morgan fingerprint density at radius 2 is 2.13 bits per heavy atom. The number of ether oxygens (including phenoxy) is 2. The molecule has 1 rings (SSSR count). The molecule has 1 aliphatic heterocycles. The van der Waals surface area contributed by atoms with E-state index in [0.29, 0.717) is 5.75 Å². The van der Waals surface area contributed by atoms with Crippen LogP contribution >= 0.6 is 12.6 Å². The molecule has 0 bridgehead atoms. The topological polar surface area (TPSA) is 96.2 Å². The molecule has 1 saturated heterocycles. The fraction of sp³-hybridized carbons (Fsp3) is 0.875. The quantitative estimate of drug-likeness (QED) is 0.421. The first-order valence-corrected chi connectivity index (χ1v) is 5.13. The molecule has 15 heavy (non-hydrogen) atoms. The molecule has 0 spiro atoms. The maximum atomic E-state index is 11.2. The molecule has 3 unspecified atom stereocenters. The second-order valence-corrected chi connectivity index (χ2v) is 3.56. The molecular weight excluding hydrogens is 224 g/mol. The molecule has 4 atom stereocenters. The number of ketones is 1. The van der Waals surface area contributed by atoms with Crippen LogP contribution in [-0.4, -0.2) is 64.7 Å². The second-order valence-electron chi connectivity index (χ2n) is 3.11. The van der Waals surface area contributed by atoms with Gasteiger partial charge >= 0.3 is 0 Å². The predicted octanol–water partition coefficient (Wildman–Crippen LogP) is -2.06. The smallest absolute Gasteiger partial charge is 0.195 e. The van der Waals surface area contributed by atoms with E-state index in [2.05, 4.69) is 12.6 Å². The number of aliphatic hydroxyl groups is 3. The summed E-state index contributed by atoms with van der Waals surface area (Å²) in [6.07, 6.45) is -5.27. The molecule has 88 valence electrons. The van der Waals surface area contributed by atoms with E-state index in [4.69, 9.17) is 14.6 Å². The Kier molecular flexibility index (Phi) is 4.97. The van der Waals surface area contributed by atoms with Crippen LogP contribution in [0.15, 0.2) is 0 Å². The van der Waals surface area contributed by atoms with Gasteiger partial charge in [0.25, 0.3) is 0 Å². The van der Waals surface area contributed by atoms with Crippen molar-refractivity contribution in [1.82, 2.24) is 0 Å². The summed E-state index contributed by atoms with van der Waals surface area (Å²) in [7, 11) is 0. The minimum Gasteiger partial charge on any atom is -0.393 e. The van der Waals surface area contributed by atoms with Gasteiger partial charge in [-0.05, 0) is 0 Å². The Morgan fingerprint density at radius 3 is 2.67 bits per heavy atom. The average molecular weight is 238 g/mol. The van der Waals surface area contributed by atoms with Crippen molar-refractivity contribution in [2.24, 2.45) is 0 Å². The predicted molar refractivity (Wildman–Crippen MR) is 52.6 cm³/mol. The van der Waals surface area contributed by atoms with Gasteiger partial charge in [-0.2, -0.15) is 12.6 Å². The third kappa shape index (κ3) is 2.90. The molecular formula is C8H14O6S. The van der Waals surface area contributed by atoms with Crippen molar-refractivity contribution >= 4 is 18.4 Å². The van der Waals surface area contributed by atoms with Gasteiger partial charge < -0.3 is 24.8 Å². The molecule has 0 aliphatic carbocycles. The number of carbonyl (C=O) groups excluding carboxylic acids is 1. The lowest BCUT2D eigenvalue weighted by Crippen LogP contribution is -2.56. The Morgan fingerprint density at radius 1 is 1.47 bits per heavy atom. The molecule has 3 N–H and O–H groups in total. The van der Waals surface area contributed by atoms with Gasteiger partial charge in [-0.15, -0.1) is 0 Å². The lowest BCUT2D eigenvalue weighted by atomic mass is 10.0. The van der Waals surface area contributed by atoms with Crippen molar-refractivity contribution in [2.45, 2.75) is 24.6 Å². The van der Waals surface area contributed by atoms with Crippen molar-refractivity contribution in [3.05, 3.63) is 0 Å². The third-order valence-electron chi connectivity index (χ3n) is 2.05. The molecule has 1 heterocycles. The highest BCUT2D eigenvalue weighted by molar-refractivity contribution is 7.80. The van der Waals surface area contributed by atoms with E-state index < -0.39 is 37.0 Å². The van der Waals surface area contributed by atoms with Gasteiger partial charge in [0.1, 0.15) is 18.3 Å². The number of Topliss-reactive ketones (excluding diaryl/α,β-unsaturated/α-hetero) is 1. The maximum absolute atomic E-state index is 11.2. The summed E-state index contributed by atoms with van der Waals surface area (Å²) in [5, 5.41) is 27.5. The van der Waals surface area contributed by atoms with Gasteiger partial charge in [0, 0.05) is 5.75 Å². The normalized spacial score (nSPS) is 36.9. The summed E-state index contributed by atoms with van der Waals surface area (Å²) in [5.74, 6) is -0.323. The highest BCUT2D eigenvalue weighted by Crippen LogP contribution is 2.18. The highest BCUT2D eigenvalue weighted by Gasteiger charge is 2.43. The summed E-state index contributed by atoms with van der Waals surface area (Å²) in [6, 6.07) is 0. The van der Waals surface area contributed by atoms with Gasteiger partial charge in [-0.25, -0.2) is 0 Å². The van der Waals surface area contributed by atoms with Crippen LogP contribution in [0.4, 0.5) is 0 Å². The molecule has 0 amide bonds. The second kappa shape index (κ2) is 5.78. The Labute approximate surface area is 92.2 Å². The van der Waals surface area contributed by atoms with Crippen molar-refractivity contribution in [2.75, 3.05) is 19.0 Å². The minimum atomic E-state index is -1.58. The van der Waals surface area contributed by atoms with Crippen molar-refractivity contribution < 1.29 is 29.6 Å². The number of aliphatic hydroxyl groups excluding tert-OH is 3. The van der Waals surface area contributed by atoms with Crippen LogP contribution < -0.4 is 0 Å². The Balaban J connectivity index is 2.61. The van der Waals surface area contributed by atoms with Crippen LogP contribution in [0, 0.1) is 0 Å². The number of hydrogen-bond donors (Lipinski definition) is 4. The average Bonchev–Trinajstić information content (AvgIpc) is 2.25. The molecule has 0 saturated carbocycles. The molecule has 0 aromatic carbocycles. The summed E-state index contributed by atoms with van der Waals surface area (Å²) in [6.45, 7) is -0.340. The van der Waals surface area contributed by atoms with Crippen molar-refractivity contribution in [3.63, 3.8) is 0 Å². The van der Waals surface area contributed by atoms with E-state index in [1.165, 1.54) is 0 Å². The molecule has 0 aromatic heterocycles. The number of hydrogen-bond acceptors (Lipinski definition) is 7. The first-order chi connectivity index (χ1) is 7.11. The summed E-state index contributed by atoms with van der Waals surface area (Å²) < 4.78 is 9.99. The van der Waals surface area contributed by atoms with Gasteiger partial charge in [0.05, 0.1) is 13.2 Å². The fourth-order valence-corrected chi connectivity index (χ4v) is 1.36. The zero-order valence-electron chi connectivity index (χ0n) is 7.94. The van der Waals surface area contributed by atoms with E-state index in [9.17, 15) is 15.0 Å². The molecule has 0 radical (unpaired) electrons. The molecule has 1 fully saturated rings. The number of rotatable bonds is 4. The third-order valence-corrected chi connectivity index (χ3v) is 2.23. The van der Waals surface area contributed by atoms with E-state index >= 15 is 0 Å². The zero-order valence-corrected chi connectivity index (χ0v) is 8.84. The van der Waals surface area contributed by atoms with E-state index in [1.54, 1.807) is 0 Å². The first-order valence-electron chi connectivity index (χ1n) is 4.50. The fourth-order valence-electron chi connectivity index (χ4n) is 1.26. The van der Waals surface area contributed by atoms with Crippen LogP contribution in [0.2, 0.25) is 0 Å². The van der Waals surface area contributed by atoms with E-state index in [1.807, 2.05) is 0 Å². The molecule has 1 aliphatic rings. The molecule has 7 heteroatoms. The largest absolute Gasteiger partial charge is 0.393 e. The molecule has 6 nitrogen and oxygen atoms in total. The van der Waals surface area contributed by atoms with Crippen molar-refractivity contribution in [3.8, 4) is 0 Å². The highest BCUT2D eigenvalue weighted by atomic mass is 32.1. The Bertz CT molecular complexity index is 219. The van der Waals surface area contributed by atoms with Gasteiger partial charge in [0.2, 0.25) is 0 Å². The van der Waals surface area contributed by atoms with E-state index in [-0.39, 0.29) is 6.61 Å². The van der Waals surface area contributed by atoms with Crippen LogP contribution in [0.1, 0.15) is 0 Å². The summed E-state index contributed by atoms with van der Waals surface area (Å²) in [4.78, 5) is 11.2. The monoisotopic (exact) mass is 238 g/mol. The van der Waals surface area contributed by atoms with Gasteiger partial charge in [-0.3, -0.25) is 4.79 Å². The van der Waals surface area contributed by atoms with Crippen LogP contribution in [-0.2, 0) is 14.3 Å². The maximum Gasteiger partial charge on any atom is 0.195 e. The number of thiol groups is 1. The van der Waals surface area contributed by atoms with Crippen LogP contribution in [0.3, 0.4) is 0 Å². The lowest BCUT2D eigenvalue weighted by molar-refractivity contribution is -0.255. The van der Waals surface area contributed by atoms with Crippen LogP contribution in [0.5, 0.6) is 0 Å². The standard InChI is InChI=1S/C8H14O6S/c9-3-4-5(10)6(11)7(12)8(14-4)13-1-2-15/h4,6-9,11-12,15H,1-3H2/t4?,6?,7?,8-/m1/s1. The van der Waals surface area contributed by atoms with E-state index in [0.717, 1.165) is 0 Å². The molecule has 0 aromatic rings. The summed E-state index contributed by atoms with van der Waals surface area (Å²) >= 11 is 3.89. The SMILES string of the molecule is O=C1C(CO)O[C@@H](OCCS)C(O)C1O. The van der Waals surface area contributed by atoms with Crippen molar-refractivity contribution in [1.29, 1.82) is 0 Å². The lowest BCUT2D eigenvalue weighted by Gasteiger charge is -2.34. The zero-order chi connectivity index (χ0) is 11.4. The van der Waals surface area contributed by atoms with Gasteiger partial charge in [-0.1, -0.05) is 0 Å². The van der Waals surface area contributed by atoms with Crippen LogP contribution in [0.25, 0.3) is 0 Å². The van der Waals surface area contributed by atoms with Gasteiger partial charge in [0.15, 0.2) is 12.1 Å². The first kappa shape index (κ1) is 12.9. The minimum absolute atomic E-state index is 0.212. The summed E-state index contributed by atoms with van der Waals surface area (Å²) in [5.41, 5.74) is 0. The Hall–Kier alpha value is -0.180. The number of carbonyl (C=O) groups is 1.